The number of fused-ring (bicyclic) bond motifs is 2. The minimum atomic E-state index is -4.36. The van der Waals surface area contributed by atoms with Crippen LogP contribution in [0, 0.1) is 32.4 Å². The second kappa shape index (κ2) is 17.4. The van der Waals surface area contributed by atoms with Gasteiger partial charge < -0.3 is 10.1 Å². The average molecular weight is 810 g/mol. The van der Waals surface area contributed by atoms with Crippen LogP contribution in [0.5, 0.6) is 5.75 Å². The Bertz CT molecular complexity index is 2020. The molecule has 0 saturated heterocycles. The van der Waals surface area contributed by atoms with Crippen molar-refractivity contribution >= 4 is 10.1 Å². The minimum Gasteiger partial charge on any atom is -0.665 e. The van der Waals surface area contributed by atoms with Gasteiger partial charge in [0.15, 0.2) is 11.6 Å². The summed E-state index contributed by atoms with van der Waals surface area (Å²) in [5, 5.41) is 10.5. The largest absolute Gasteiger partial charge is 0.665 e. The quantitative estimate of drug-likeness (QED) is 0.145. The molecule has 9 heteroatoms. The fourth-order valence-corrected chi connectivity index (χ4v) is 8.77. The number of nitrogens with zero attached hydrogens (tertiary/aromatic N) is 2. The molecule has 0 fully saturated rings. The third kappa shape index (κ3) is 9.94. The molecule has 2 aliphatic carbocycles. The molecule has 1 aromatic heterocycles. The molecule has 0 saturated carbocycles. The number of benzene rings is 4. The number of phenolic OH excluding ortho intramolecular Hbond substituents is 1. The summed E-state index contributed by atoms with van der Waals surface area (Å²) in [7, 11) is 0. The number of alkyl halides is 3. The second-order valence-electron chi connectivity index (χ2n) is 14.3. The van der Waals surface area contributed by atoms with Crippen LogP contribution in [0.4, 0.5) is 27.6 Å². The van der Waals surface area contributed by atoms with E-state index >= 15 is 0 Å². The van der Waals surface area contributed by atoms with E-state index in [0.717, 1.165) is 102 Å². The topological polar surface area (TPSA) is 46.7 Å². The third-order valence-electron chi connectivity index (χ3n) is 9.82. The van der Waals surface area contributed by atoms with Gasteiger partial charge in [0.1, 0.15) is 5.82 Å². The van der Waals surface area contributed by atoms with Crippen molar-refractivity contribution in [1.82, 2.24) is 4.98 Å². The van der Waals surface area contributed by atoms with Crippen LogP contribution in [0.15, 0.2) is 82.4 Å². The van der Waals surface area contributed by atoms with Gasteiger partial charge in [-0.1, -0.05) is 26.0 Å². The number of aryl methyl sites for hydroxylation is 4. The Labute approximate surface area is 317 Å². The van der Waals surface area contributed by atoms with E-state index in [0.29, 0.717) is 11.1 Å². The fourth-order valence-electron chi connectivity index (χ4n) is 6.98. The van der Waals surface area contributed by atoms with Gasteiger partial charge in [0, 0.05) is 5.56 Å². The maximum absolute atomic E-state index is 14.5. The van der Waals surface area contributed by atoms with Crippen molar-refractivity contribution in [3.05, 3.63) is 141 Å². The summed E-state index contributed by atoms with van der Waals surface area (Å²) < 4.78 is 74.0. The molecule has 1 N–H and O–H groups in total. The third-order valence-corrected chi connectivity index (χ3v) is 12.3. The Kier molecular flexibility index (Phi) is 13.2. The van der Waals surface area contributed by atoms with Crippen LogP contribution in [-0.2, 0) is 55.2 Å². The minimum absolute atomic E-state index is 0.0394. The van der Waals surface area contributed by atoms with Gasteiger partial charge >= 0.3 is 136 Å². The normalized spacial score (nSPS) is 13.7. The zero-order valence-corrected chi connectivity index (χ0v) is 32.9. The van der Waals surface area contributed by atoms with Crippen molar-refractivity contribution in [1.29, 1.82) is 0 Å². The van der Waals surface area contributed by atoms with Crippen LogP contribution >= 0.6 is 0 Å². The predicted molar refractivity (Wildman–Crippen MR) is 200 cm³/mol. The number of halogens is 5. The molecule has 7 rings (SSSR count). The van der Waals surface area contributed by atoms with Crippen molar-refractivity contribution in [3.63, 3.8) is 0 Å². The number of rotatable bonds is 4. The summed E-state index contributed by atoms with van der Waals surface area (Å²) >= 11 is -1.03. The Balaban J connectivity index is 0.000000173. The van der Waals surface area contributed by atoms with Gasteiger partial charge in [0.05, 0.1) is 0 Å². The standard InChI is InChI=1S/C21H22F2O.C10H12.C7H4F3N.C6H8N.Mo/c1-12-17(22)10-13-6-2-4-8-15(13)19(12)20-16-9-5-3-7-14(16)11-18(23)21(20)24;1-10(2,3)9-7-5-4-6-8-9;8-7(9,10)5-3-1-2-4-6(5)11;1-5-3-4-6(2)7-5;/h10-11,24H,2-9H2,1H3;1,4-8H,2-3H3;1-4H;3-4H,1-2H3;/q;;;-1;. The smallest absolute Gasteiger partial charge is 0.165 e. The molecule has 3 nitrogen and oxygen atoms in total. The van der Waals surface area contributed by atoms with E-state index in [2.05, 4.69) is 26.7 Å². The first kappa shape index (κ1) is 40.2. The number of aromatic nitrogens is 1. The van der Waals surface area contributed by atoms with Crippen molar-refractivity contribution in [2.75, 3.05) is 0 Å². The van der Waals surface area contributed by atoms with Gasteiger partial charge in [0.25, 0.3) is 0 Å². The Morgan fingerprint density at radius 2 is 1.23 bits per heavy atom. The van der Waals surface area contributed by atoms with Gasteiger partial charge in [0.2, 0.25) is 0 Å². The number of hydrogen-bond donors (Lipinski definition) is 1. The molecule has 53 heavy (non-hydrogen) atoms. The summed E-state index contributed by atoms with van der Waals surface area (Å²) in [6, 6.07) is 22.5. The first-order valence-corrected chi connectivity index (χ1v) is 20.1. The van der Waals surface area contributed by atoms with Gasteiger partial charge in [-0.25, -0.2) is 8.78 Å². The molecular weight excluding hydrogens is 763 g/mol. The van der Waals surface area contributed by atoms with E-state index in [1.165, 1.54) is 18.2 Å². The summed E-state index contributed by atoms with van der Waals surface area (Å²) in [5.74, 6) is -1.14. The zero-order valence-electron chi connectivity index (χ0n) is 30.9. The van der Waals surface area contributed by atoms with Crippen LogP contribution in [0.1, 0.15) is 89.9 Å². The summed E-state index contributed by atoms with van der Waals surface area (Å²) in [4.78, 5) is 4.11. The molecule has 1 heterocycles. The van der Waals surface area contributed by atoms with E-state index in [9.17, 15) is 27.1 Å². The molecule has 4 aromatic carbocycles. The maximum atomic E-state index is 14.5. The van der Waals surface area contributed by atoms with Crippen LogP contribution < -0.4 is 4.98 Å². The number of hydrogen-bond acceptors (Lipinski definition) is 2. The summed E-state index contributed by atoms with van der Waals surface area (Å²) in [6.45, 7) is 9.84. The van der Waals surface area contributed by atoms with Crippen LogP contribution in [-0.4, -0.2) is 9.51 Å². The van der Waals surface area contributed by atoms with E-state index in [1.807, 2.05) is 56.3 Å². The molecule has 5 aromatic rings. The molecule has 0 aliphatic heterocycles. The van der Waals surface area contributed by atoms with Crippen LogP contribution in [0.3, 0.4) is 0 Å². The van der Waals surface area contributed by atoms with Crippen molar-refractivity contribution in [2.24, 2.45) is 3.50 Å². The maximum Gasteiger partial charge on any atom is 0.165 e. The molecule has 0 amide bonds. The summed E-state index contributed by atoms with van der Waals surface area (Å²) in [5.41, 5.74) is 8.49. The van der Waals surface area contributed by atoms with Crippen LogP contribution in [0.2, 0.25) is 0 Å². The van der Waals surface area contributed by atoms with E-state index in [1.54, 1.807) is 19.1 Å². The SMILES string of the molecule is CC(C)([CH]=[Mo]=[N]c1ccccc1C(F)(F)F)c1ccccc1.Cc1c(F)cc2c(c1-c1c(O)c(F)cc3c1CCCC3)CCCC2.Cc1ccc(C)[n-]1. The average Bonchev–Trinajstić information content (AvgIpc) is 3.52. The first-order chi connectivity index (χ1) is 25.2. The molecule has 2 aliphatic rings. The predicted octanol–water partition coefficient (Wildman–Crippen LogP) is 12.0. The van der Waals surface area contributed by atoms with Gasteiger partial charge in [-0.15, -0.1) is 0 Å². The van der Waals surface area contributed by atoms with Gasteiger partial charge in [-0.2, -0.15) is 11.4 Å². The Hall–Kier alpha value is -4.03. The second-order valence-corrected chi connectivity index (χ2v) is 15.8. The molecule has 0 unspecified atom stereocenters. The molecular formula is C44H46F5MoN2O-. The first-order valence-electron chi connectivity index (χ1n) is 18.0. The van der Waals surface area contributed by atoms with Crippen molar-refractivity contribution < 1.29 is 45.0 Å². The zero-order chi connectivity index (χ0) is 38.3. The van der Waals surface area contributed by atoms with Crippen molar-refractivity contribution in [3.8, 4) is 16.9 Å². The molecule has 0 atom stereocenters. The Morgan fingerprint density at radius 1 is 0.698 bits per heavy atom. The monoisotopic (exact) mass is 811 g/mol. The fraction of sp³-hybridized carbons (Fsp3) is 0.341. The van der Waals surface area contributed by atoms with E-state index in [-0.39, 0.29) is 22.7 Å². The molecule has 280 valence electrons. The van der Waals surface area contributed by atoms with Gasteiger partial charge in [-0.3, -0.25) is 0 Å². The van der Waals surface area contributed by atoms with Crippen LogP contribution in [0.25, 0.3) is 11.1 Å². The summed E-state index contributed by atoms with van der Waals surface area (Å²) in [6.07, 6.45) is 3.21. The molecule has 0 spiro atoms. The van der Waals surface area contributed by atoms with Crippen molar-refractivity contribution in [2.45, 2.75) is 97.6 Å². The van der Waals surface area contributed by atoms with E-state index < -0.39 is 35.5 Å². The Morgan fingerprint density at radius 3 is 1.79 bits per heavy atom. The van der Waals surface area contributed by atoms with E-state index in [4.69, 9.17) is 0 Å². The number of aromatic hydroxyl groups is 1. The number of phenols is 1. The molecule has 0 bridgehead atoms. The molecule has 0 radical (unpaired) electrons. The van der Waals surface area contributed by atoms with Gasteiger partial charge in [-0.05, 0) is 104 Å².